The first-order valence-corrected chi connectivity index (χ1v) is 6.24. The van der Waals surface area contributed by atoms with Crippen LogP contribution < -0.4 is 5.73 Å². The molecule has 0 saturated heterocycles. The van der Waals surface area contributed by atoms with E-state index in [-0.39, 0.29) is 5.84 Å². The molecule has 18 heavy (non-hydrogen) atoms. The maximum Gasteiger partial charge on any atom is 0.172 e. The molecule has 0 amide bonds. The van der Waals surface area contributed by atoms with E-state index in [9.17, 15) is 0 Å². The number of imidazole rings is 1. The predicted molar refractivity (Wildman–Crippen MR) is 71.3 cm³/mol. The summed E-state index contributed by atoms with van der Waals surface area (Å²) in [5.41, 5.74) is 6.15. The Morgan fingerprint density at radius 1 is 1.56 bits per heavy atom. The number of halogens is 1. The summed E-state index contributed by atoms with van der Waals surface area (Å²) in [6, 6.07) is 5.35. The summed E-state index contributed by atoms with van der Waals surface area (Å²) in [4.78, 5) is 4.99. The number of hydrogen-bond donors (Lipinski definition) is 2. The van der Waals surface area contributed by atoms with Crippen molar-refractivity contribution < 1.29 is 5.21 Å². The van der Waals surface area contributed by atoms with Gasteiger partial charge in [-0.05, 0) is 12.1 Å². The quantitative estimate of drug-likeness (QED) is 0.392. The zero-order chi connectivity index (χ0) is 13.1. The van der Waals surface area contributed by atoms with Gasteiger partial charge in [0.2, 0.25) is 0 Å². The van der Waals surface area contributed by atoms with Gasteiger partial charge in [-0.25, -0.2) is 4.98 Å². The monoisotopic (exact) mass is 282 g/mol. The van der Waals surface area contributed by atoms with E-state index in [1.807, 2.05) is 29.9 Å². The Bertz CT molecular complexity index is 596. The Labute approximate surface area is 113 Å². The minimum absolute atomic E-state index is 0.0164. The summed E-state index contributed by atoms with van der Waals surface area (Å²) in [5, 5.41) is 13.0. The number of hydrogen-bond acceptors (Lipinski definition) is 4. The lowest BCUT2D eigenvalue weighted by atomic mass is 10.2. The number of aryl methyl sites for hydroxylation is 1. The Balaban J connectivity index is 2.45. The van der Waals surface area contributed by atoms with Crippen molar-refractivity contribution in [1.29, 1.82) is 0 Å². The second-order valence-electron chi connectivity index (χ2n) is 3.52. The first kappa shape index (κ1) is 12.8. The highest BCUT2D eigenvalue weighted by Crippen LogP contribution is 2.32. The zero-order valence-electron chi connectivity index (χ0n) is 9.54. The number of oxime groups is 1. The number of benzene rings is 1. The molecule has 0 radical (unpaired) electrons. The highest BCUT2D eigenvalue weighted by molar-refractivity contribution is 7.99. The molecule has 0 aliphatic rings. The van der Waals surface area contributed by atoms with Crippen LogP contribution in [0.3, 0.4) is 0 Å². The molecule has 0 atom stereocenters. The lowest BCUT2D eigenvalue weighted by Gasteiger charge is -2.09. The van der Waals surface area contributed by atoms with Crippen LogP contribution in [0.5, 0.6) is 0 Å². The molecule has 3 N–H and O–H groups in total. The van der Waals surface area contributed by atoms with Gasteiger partial charge in [0.15, 0.2) is 11.0 Å². The van der Waals surface area contributed by atoms with Gasteiger partial charge in [0.05, 0.1) is 10.6 Å². The highest BCUT2D eigenvalue weighted by Gasteiger charge is 2.14. The fourth-order valence-electron chi connectivity index (χ4n) is 1.44. The van der Waals surface area contributed by atoms with Crippen molar-refractivity contribution >= 4 is 29.2 Å². The van der Waals surface area contributed by atoms with Gasteiger partial charge in [-0.3, -0.25) is 0 Å². The number of nitrogens with two attached hydrogens (primary N) is 1. The Morgan fingerprint density at radius 3 is 2.94 bits per heavy atom. The summed E-state index contributed by atoms with van der Waals surface area (Å²) in [6.45, 7) is 0. The van der Waals surface area contributed by atoms with E-state index < -0.39 is 0 Å². The van der Waals surface area contributed by atoms with E-state index in [0.29, 0.717) is 10.6 Å². The fourth-order valence-corrected chi connectivity index (χ4v) is 2.74. The molecule has 0 spiro atoms. The Hall–Kier alpha value is -1.66. The van der Waals surface area contributed by atoms with Gasteiger partial charge in [-0.2, -0.15) is 0 Å². The third-order valence-corrected chi connectivity index (χ3v) is 3.77. The summed E-state index contributed by atoms with van der Waals surface area (Å²) < 4.78 is 1.88. The average Bonchev–Trinajstić information content (AvgIpc) is 2.74. The Morgan fingerprint density at radius 2 is 2.33 bits per heavy atom. The average molecular weight is 283 g/mol. The number of rotatable bonds is 3. The molecule has 1 heterocycles. The summed E-state index contributed by atoms with van der Waals surface area (Å²) >= 11 is 7.47. The summed E-state index contributed by atoms with van der Waals surface area (Å²) in [6.07, 6.45) is 3.55. The molecule has 5 nitrogen and oxygen atoms in total. The molecule has 2 rings (SSSR count). The molecule has 7 heteroatoms. The lowest BCUT2D eigenvalue weighted by Crippen LogP contribution is -2.15. The van der Waals surface area contributed by atoms with Crippen LogP contribution in [0, 0.1) is 0 Å². The minimum atomic E-state index is -0.0164. The fraction of sp³-hybridized carbons (Fsp3) is 0.0909. The SMILES string of the molecule is Cn1ccnc1Sc1cccc(Cl)c1C(N)=NO. The molecule has 0 bridgehead atoms. The van der Waals surface area contributed by atoms with Crippen molar-refractivity contribution in [2.45, 2.75) is 10.1 Å². The van der Waals surface area contributed by atoms with Crippen LogP contribution in [0.15, 0.2) is 45.8 Å². The molecule has 0 unspecified atom stereocenters. The standard InChI is InChI=1S/C11H11ClN4OS/c1-16-6-5-14-11(16)18-8-4-2-3-7(12)9(8)10(13)15-17/h2-6,17H,1H3,(H2,13,15). The van der Waals surface area contributed by atoms with E-state index in [1.54, 1.807) is 12.3 Å². The van der Waals surface area contributed by atoms with Crippen LogP contribution >= 0.6 is 23.4 Å². The van der Waals surface area contributed by atoms with Gasteiger partial charge in [-0.15, -0.1) is 0 Å². The molecular formula is C11H11ClN4OS. The lowest BCUT2D eigenvalue weighted by molar-refractivity contribution is 0.318. The number of aromatic nitrogens is 2. The van der Waals surface area contributed by atoms with Gasteiger partial charge in [0.1, 0.15) is 0 Å². The van der Waals surface area contributed by atoms with Gasteiger partial charge in [0.25, 0.3) is 0 Å². The van der Waals surface area contributed by atoms with Crippen molar-refractivity contribution in [2.24, 2.45) is 17.9 Å². The third-order valence-electron chi connectivity index (χ3n) is 2.32. The molecule has 0 aliphatic carbocycles. The van der Waals surface area contributed by atoms with Crippen LogP contribution in [0.25, 0.3) is 0 Å². The molecule has 0 aliphatic heterocycles. The molecule has 1 aromatic heterocycles. The van der Waals surface area contributed by atoms with E-state index in [1.165, 1.54) is 11.8 Å². The normalized spacial score (nSPS) is 11.8. The predicted octanol–water partition coefficient (Wildman–Crippen LogP) is 2.32. The smallest absolute Gasteiger partial charge is 0.172 e. The van der Waals surface area contributed by atoms with Crippen LogP contribution in [0.4, 0.5) is 0 Å². The van der Waals surface area contributed by atoms with E-state index in [4.69, 9.17) is 22.5 Å². The first-order chi connectivity index (χ1) is 8.63. The topological polar surface area (TPSA) is 76.4 Å². The molecule has 1 aromatic carbocycles. The number of nitrogens with zero attached hydrogens (tertiary/aromatic N) is 3. The maximum atomic E-state index is 8.79. The van der Waals surface area contributed by atoms with Crippen molar-refractivity contribution in [3.05, 3.63) is 41.2 Å². The zero-order valence-corrected chi connectivity index (χ0v) is 11.1. The molecule has 0 fully saturated rings. The van der Waals surface area contributed by atoms with Gasteiger partial charge in [0, 0.05) is 24.3 Å². The third kappa shape index (κ3) is 2.44. The van der Waals surface area contributed by atoms with E-state index in [2.05, 4.69) is 10.1 Å². The maximum absolute atomic E-state index is 8.79. The molecule has 2 aromatic rings. The van der Waals surface area contributed by atoms with Crippen molar-refractivity contribution in [3.8, 4) is 0 Å². The van der Waals surface area contributed by atoms with Gasteiger partial charge in [-0.1, -0.05) is 34.6 Å². The van der Waals surface area contributed by atoms with Crippen molar-refractivity contribution in [3.63, 3.8) is 0 Å². The second kappa shape index (κ2) is 5.32. The largest absolute Gasteiger partial charge is 0.409 e. The van der Waals surface area contributed by atoms with Crippen LogP contribution in [0.1, 0.15) is 5.56 Å². The number of amidine groups is 1. The van der Waals surface area contributed by atoms with E-state index >= 15 is 0 Å². The second-order valence-corrected chi connectivity index (χ2v) is 4.94. The first-order valence-electron chi connectivity index (χ1n) is 5.05. The Kier molecular flexibility index (Phi) is 3.78. The van der Waals surface area contributed by atoms with Crippen LogP contribution in [-0.4, -0.2) is 20.6 Å². The summed E-state index contributed by atoms with van der Waals surface area (Å²) in [7, 11) is 1.89. The summed E-state index contributed by atoms with van der Waals surface area (Å²) in [5.74, 6) is -0.0164. The highest BCUT2D eigenvalue weighted by atomic mass is 35.5. The van der Waals surface area contributed by atoms with E-state index in [0.717, 1.165) is 10.1 Å². The van der Waals surface area contributed by atoms with Gasteiger partial charge < -0.3 is 15.5 Å². The van der Waals surface area contributed by atoms with Crippen molar-refractivity contribution in [2.75, 3.05) is 0 Å². The van der Waals surface area contributed by atoms with Crippen molar-refractivity contribution in [1.82, 2.24) is 9.55 Å². The minimum Gasteiger partial charge on any atom is -0.409 e. The van der Waals surface area contributed by atoms with Crippen LogP contribution in [-0.2, 0) is 7.05 Å². The molecular weight excluding hydrogens is 272 g/mol. The van der Waals surface area contributed by atoms with Gasteiger partial charge >= 0.3 is 0 Å². The molecule has 0 saturated carbocycles. The van der Waals surface area contributed by atoms with Crippen LogP contribution in [0.2, 0.25) is 5.02 Å². The molecule has 94 valence electrons.